The number of hydrogen-bond donors (Lipinski definition) is 15. The number of nitrogens with two attached hydrogens (primary N) is 1. The van der Waals surface area contributed by atoms with E-state index in [-0.39, 0.29) is 62.3 Å². The molecular formula is C53H63N9O17. The van der Waals surface area contributed by atoms with Crippen LogP contribution in [0.15, 0.2) is 103 Å². The number of aliphatic hydroxyl groups excluding tert-OH is 2. The van der Waals surface area contributed by atoms with Crippen molar-refractivity contribution in [2.45, 2.75) is 93.3 Å². The Morgan fingerprint density at radius 3 is 1.47 bits per heavy atom. The van der Waals surface area contributed by atoms with Crippen LogP contribution >= 0.6 is 0 Å². The van der Waals surface area contributed by atoms with Crippen molar-refractivity contribution in [3.63, 3.8) is 0 Å². The Hall–Kier alpha value is -9.14. The summed E-state index contributed by atoms with van der Waals surface area (Å²) in [7, 11) is 0. The van der Waals surface area contributed by atoms with Crippen molar-refractivity contribution < 1.29 is 83.7 Å². The first-order chi connectivity index (χ1) is 37.6. The highest BCUT2D eigenvalue weighted by Gasteiger charge is 2.40. The number of benzene rings is 4. The number of nitrogens with one attached hydrogen (secondary N) is 7. The van der Waals surface area contributed by atoms with Gasteiger partial charge in [0.05, 0.1) is 32.2 Å². The first-order valence-electron chi connectivity index (χ1n) is 24.8. The molecule has 0 saturated carbocycles. The fraction of sp³-hybridized carbons (Fsp3) is 0.358. The lowest BCUT2D eigenvalue weighted by Crippen LogP contribution is -2.60. The van der Waals surface area contributed by atoms with Crippen LogP contribution in [-0.4, -0.2) is 174 Å². The predicted molar refractivity (Wildman–Crippen MR) is 277 cm³/mol. The molecule has 16 N–H and O–H groups in total. The second kappa shape index (κ2) is 29.4. The summed E-state index contributed by atoms with van der Waals surface area (Å²) in [6, 6.07) is 13.1. The normalized spacial score (nSPS) is 15.5. The van der Waals surface area contributed by atoms with Crippen molar-refractivity contribution in [2.24, 2.45) is 5.73 Å². The highest BCUT2D eigenvalue weighted by atomic mass is 16.4. The third-order valence-corrected chi connectivity index (χ3v) is 12.5. The minimum absolute atomic E-state index is 0.00241. The Morgan fingerprint density at radius 1 is 0.506 bits per heavy atom. The van der Waals surface area contributed by atoms with E-state index in [1.165, 1.54) is 60.7 Å². The molecule has 4 aromatic rings. The zero-order valence-corrected chi connectivity index (χ0v) is 42.4. The molecule has 1 aliphatic rings. The van der Waals surface area contributed by atoms with Crippen molar-refractivity contribution in [3.8, 4) is 17.2 Å². The Balaban J connectivity index is 1.21. The van der Waals surface area contributed by atoms with Crippen LogP contribution in [0.25, 0.3) is 0 Å². The Bertz CT molecular complexity index is 2790. The molecule has 0 aromatic heterocycles. The van der Waals surface area contributed by atoms with E-state index in [0.29, 0.717) is 22.3 Å². The third-order valence-electron chi connectivity index (χ3n) is 12.5. The zero-order valence-electron chi connectivity index (χ0n) is 42.4. The summed E-state index contributed by atoms with van der Waals surface area (Å²) in [4.78, 5) is 134. The van der Waals surface area contributed by atoms with Gasteiger partial charge in [-0.3, -0.25) is 43.2 Å². The first-order valence-corrected chi connectivity index (χ1v) is 24.8. The van der Waals surface area contributed by atoms with E-state index < -0.39 is 134 Å². The number of aliphatic carboxylic acids is 2. The molecule has 79 heavy (non-hydrogen) atoms. The van der Waals surface area contributed by atoms with Gasteiger partial charge < -0.3 is 83.6 Å². The number of carbonyl (C=O) groups is 10. The maximum atomic E-state index is 14.1. The van der Waals surface area contributed by atoms with E-state index in [1.807, 2.05) is 0 Å². The number of likely N-dealkylation sites (tertiary alicyclic amines) is 1. The topological polar surface area (TPSA) is 426 Å². The number of amides is 8. The van der Waals surface area contributed by atoms with Crippen molar-refractivity contribution in [1.82, 2.24) is 42.1 Å². The summed E-state index contributed by atoms with van der Waals surface area (Å²) in [6.45, 7) is -2.94. The largest absolute Gasteiger partial charge is 0.508 e. The number of hydrogen-bond acceptors (Lipinski definition) is 16. The zero-order chi connectivity index (χ0) is 57.8. The molecule has 0 spiro atoms. The summed E-state index contributed by atoms with van der Waals surface area (Å²) in [6.07, 6.45) is -1.33. The van der Waals surface area contributed by atoms with Crippen LogP contribution < -0.4 is 43.0 Å². The molecule has 1 saturated heterocycles. The molecule has 0 aliphatic carbocycles. The van der Waals surface area contributed by atoms with E-state index in [0.717, 1.165) is 4.90 Å². The highest BCUT2D eigenvalue weighted by Crippen LogP contribution is 2.20. The van der Waals surface area contributed by atoms with Gasteiger partial charge in [-0.05, 0) is 77.9 Å². The molecular weight excluding hydrogens is 1030 g/mol. The summed E-state index contributed by atoms with van der Waals surface area (Å²) in [5.74, 6) is -11.1. The monoisotopic (exact) mass is 1100 g/mol. The lowest BCUT2D eigenvalue weighted by molar-refractivity contribution is -0.144. The van der Waals surface area contributed by atoms with Crippen LogP contribution in [0.3, 0.4) is 0 Å². The molecule has 0 radical (unpaired) electrons. The van der Waals surface area contributed by atoms with Crippen molar-refractivity contribution >= 4 is 59.2 Å². The quantitative estimate of drug-likeness (QED) is 0.0269. The van der Waals surface area contributed by atoms with Crippen LogP contribution in [0.2, 0.25) is 0 Å². The molecule has 5 rings (SSSR count). The van der Waals surface area contributed by atoms with E-state index >= 15 is 0 Å². The second-order valence-electron chi connectivity index (χ2n) is 18.5. The summed E-state index contributed by atoms with van der Waals surface area (Å²) in [5, 5.41) is 85.4. The van der Waals surface area contributed by atoms with Gasteiger partial charge in [0, 0.05) is 25.8 Å². The molecule has 422 valence electrons. The predicted octanol–water partition coefficient (Wildman–Crippen LogP) is -3.04. The van der Waals surface area contributed by atoms with E-state index in [1.54, 1.807) is 42.5 Å². The molecule has 0 bridgehead atoms. The molecule has 1 heterocycles. The van der Waals surface area contributed by atoms with E-state index in [2.05, 4.69) is 37.2 Å². The molecule has 1 aliphatic heterocycles. The van der Waals surface area contributed by atoms with E-state index in [4.69, 9.17) is 5.73 Å². The molecule has 1 fully saturated rings. The van der Waals surface area contributed by atoms with Gasteiger partial charge in [0.1, 0.15) is 59.5 Å². The van der Waals surface area contributed by atoms with Gasteiger partial charge in [-0.25, -0.2) is 4.79 Å². The van der Waals surface area contributed by atoms with Gasteiger partial charge in [0.15, 0.2) is 0 Å². The molecule has 4 aromatic carbocycles. The fourth-order valence-corrected chi connectivity index (χ4v) is 8.35. The summed E-state index contributed by atoms with van der Waals surface area (Å²) < 4.78 is 0. The fourth-order valence-electron chi connectivity index (χ4n) is 8.35. The lowest BCUT2D eigenvalue weighted by atomic mass is 10.0. The Kier molecular flexibility index (Phi) is 22.6. The lowest BCUT2D eigenvalue weighted by Gasteiger charge is -2.30. The second-order valence-corrected chi connectivity index (χ2v) is 18.5. The number of carboxylic acid groups (broad SMARTS) is 2. The average Bonchev–Trinajstić information content (AvgIpc) is 3.94. The van der Waals surface area contributed by atoms with Gasteiger partial charge in [0.25, 0.3) is 0 Å². The van der Waals surface area contributed by atoms with Gasteiger partial charge in [-0.1, -0.05) is 66.7 Å². The standard InChI is InChI=1S/C53H63N9O17/c54-36(21-30-8-14-33(65)15-9-30)46(71)57-37(23-31-10-16-34(66)17-11-31)47(72)55-26-44(68)56-41(27-63)50(75)61-42(28-64)52(77)62-20-4-7-43(62)51(76)59-38(22-29-5-2-1-3-6-29)48(73)58-39(25-45(69)70)49(74)60-40(53(78)79)24-32-12-18-35(67)19-13-32/h1-3,5-6,8-19,36-43,63-67H,4,7,20-28,54H2,(H,55,72)(H,56,68)(H,57,71)(H,58,73)(H,59,76)(H,60,74)(H,61,75)(H,69,70)(H,78,79)/t36-,37-,38-,39-,40-,41-,42-,43-/m0/s1. The molecule has 26 heteroatoms. The highest BCUT2D eigenvalue weighted by molar-refractivity contribution is 5.98. The van der Waals surface area contributed by atoms with Crippen LogP contribution in [0.1, 0.15) is 41.5 Å². The Labute approximate surface area is 451 Å². The molecule has 8 atom stereocenters. The summed E-state index contributed by atoms with van der Waals surface area (Å²) in [5.41, 5.74) is 8.14. The smallest absolute Gasteiger partial charge is 0.326 e. The van der Waals surface area contributed by atoms with Crippen molar-refractivity contribution in [1.29, 1.82) is 0 Å². The number of carboxylic acids is 2. The van der Waals surface area contributed by atoms with Gasteiger partial charge in [0.2, 0.25) is 47.3 Å². The van der Waals surface area contributed by atoms with E-state index in [9.17, 15) is 83.7 Å². The third kappa shape index (κ3) is 18.8. The van der Waals surface area contributed by atoms with Crippen molar-refractivity contribution in [2.75, 3.05) is 26.3 Å². The molecule has 26 nitrogen and oxygen atoms in total. The molecule has 8 amide bonds. The number of nitrogens with zero attached hydrogens (tertiary/aromatic N) is 1. The minimum Gasteiger partial charge on any atom is -0.508 e. The van der Waals surface area contributed by atoms with Crippen molar-refractivity contribution in [3.05, 3.63) is 125 Å². The van der Waals surface area contributed by atoms with Gasteiger partial charge >= 0.3 is 11.9 Å². The average molecular weight is 1100 g/mol. The number of aromatic hydroxyl groups is 3. The number of rotatable bonds is 28. The maximum absolute atomic E-state index is 14.1. The van der Waals surface area contributed by atoms with Gasteiger partial charge in [-0.15, -0.1) is 0 Å². The molecule has 0 unspecified atom stereocenters. The number of phenolic OH excluding ortho intramolecular Hbond substituents is 3. The van der Waals surface area contributed by atoms with Crippen LogP contribution in [-0.2, 0) is 73.6 Å². The number of aliphatic hydroxyl groups is 2. The SMILES string of the molecule is N[C@@H](Cc1ccc(O)cc1)C(=O)N[C@@H](Cc1ccc(O)cc1)C(=O)NCC(=O)N[C@@H](CO)C(=O)N[C@@H](CO)C(=O)N1CCC[C@H]1C(=O)N[C@@H](Cc1ccccc1)C(=O)N[C@@H](CC(=O)O)C(=O)N[C@@H](Cc1ccc(O)cc1)C(=O)O. The number of carbonyl (C=O) groups excluding carboxylic acids is 8. The maximum Gasteiger partial charge on any atom is 0.326 e. The number of phenols is 3. The van der Waals surface area contributed by atoms with Crippen LogP contribution in [0.5, 0.6) is 17.2 Å². The first kappa shape index (κ1) is 60.7. The van der Waals surface area contributed by atoms with Crippen LogP contribution in [0.4, 0.5) is 0 Å². The minimum atomic E-state index is -1.85. The van der Waals surface area contributed by atoms with Crippen LogP contribution in [0, 0.1) is 0 Å². The summed E-state index contributed by atoms with van der Waals surface area (Å²) >= 11 is 0. The van der Waals surface area contributed by atoms with Gasteiger partial charge in [-0.2, -0.15) is 0 Å². The Morgan fingerprint density at radius 2 is 0.949 bits per heavy atom.